The van der Waals surface area contributed by atoms with Gasteiger partial charge in [0.2, 0.25) is 0 Å². The number of rotatable bonds is 5. The zero-order valence-electron chi connectivity index (χ0n) is 17.1. The number of aryl methyl sites for hydroxylation is 1. The molecule has 5 heteroatoms. The molecule has 0 saturated heterocycles. The zero-order valence-corrected chi connectivity index (χ0v) is 17.1. The van der Waals surface area contributed by atoms with Gasteiger partial charge >= 0.3 is 0 Å². The minimum atomic E-state index is -0.425. The molecule has 0 radical (unpaired) electrons. The lowest BCUT2D eigenvalue weighted by atomic mass is 9.86. The molecule has 1 N–H and O–H groups in total. The monoisotopic (exact) mass is 377 g/mol. The molecular weight excluding hydrogens is 350 g/mol. The Morgan fingerprint density at radius 2 is 1.79 bits per heavy atom. The molecular formula is C23H27N3O2. The van der Waals surface area contributed by atoms with E-state index in [2.05, 4.69) is 31.1 Å². The van der Waals surface area contributed by atoms with Gasteiger partial charge in [-0.3, -0.25) is 4.79 Å². The lowest BCUT2D eigenvalue weighted by molar-refractivity contribution is 0.0940. The van der Waals surface area contributed by atoms with Gasteiger partial charge in [0.15, 0.2) is 0 Å². The van der Waals surface area contributed by atoms with Crippen molar-refractivity contribution in [2.24, 2.45) is 7.05 Å². The molecule has 3 aromatic rings. The van der Waals surface area contributed by atoms with E-state index < -0.39 is 6.04 Å². The van der Waals surface area contributed by atoms with Crippen LogP contribution in [0.4, 0.5) is 0 Å². The number of imidazole rings is 1. The van der Waals surface area contributed by atoms with Crippen molar-refractivity contribution in [1.82, 2.24) is 14.9 Å². The van der Waals surface area contributed by atoms with Crippen LogP contribution in [0.25, 0.3) is 0 Å². The summed E-state index contributed by atoms with van der Waals surface area (Å²) in [5, 5.41) is 3.12. The Kier molecular flexibility index (Phi) is 5.54. The molecule has 1 aromatic heterocycles. The number of para-hydroxylation sites is 1. The van der Waals surface area contributed by atoms with Gasteiger partial charge in [-0.25, -0.2) is 4.98 Å². The van der Waals surface area contributed by atoms with Crippen LogP contribution in [0.15, 0.2) is 60.9 Å². The number of hydrogen-bond donors (Lipinski definition) is 1. The molecule has 146 valence electrons. The molecule has 2 aromatic carbocycles. The Labute approximate surface area is 166 Å². The fourth-order valence-electron chi connectivity index (χ4n) is 3.18. The maximum absolute atomic E-state index is 13.0. The standard InChI is InChI=1S/C23H27N3O2/c1-23(2,3)17-12-10-16(11-13-17)22(27)25-20(21-24-14-15-26(21)4)18-8-6-7-9-19(18)28-5/h6-15,20H,1-5H3,(H,25,27)/t20-/m1/s1. The number of nitrogens with one attached hydrogen (secondary N) is 1. The number of methoxy groups -OCH3 is 1. The number of hydrogen-bond acceptors (Lipinski definition) is 3. The summed E-state index contributed by atoms with van der Waals surface area (Å²) in [5.74, 6) is 1.29. The average molecular weight is 377 g/mol. The highest BCUT2D eigenvalue weighted by molar-refractivity contribution is 5.94. The van der Waals surface area contributed by atoms with Crippen molar-refractivity contribution in [1.29, 1.82) is 0 Å². The van der Waals surface area contributed by atoms with E-state index in [1.54, 1.807) is 13.3 Å². The number of benzene rings is 2. The molecule has 1 heterocycles. The lowest BCUT2D eigenvalue weighted by Crippen LogP contribution is -2.31. The van der Waals surface area contributed by atoms with Crippen LogP contribution >= 0.6 is 0 Å². The SMILES string of the molecule is COc1ccccc1[C@@H](NC(=O)c1ccc(C(C)(C)C)cc1)c1nccn1C. The molecule has 0 spiro atoms. The van der Waals surface area contributed by atoms with Crippen molar-refractivity contribution in [2.75, 3.05) is 7.11 Å². The fourth-order valence-corrected chi connectivity index (χ4v) is 3.18. The third kappa shape index (κ3) is 4.09. The Balaban J connectivity index is 1.94. The molecule has 1 amide bonds. The van der Waals surface area contributed by atoms with Crippen LogP contribution in [0, 0.1) is 0 Å². The molecule has 3 rings (SSSR count). The highest BCUT2D eigenvalue weighted by atomic mass is 16.5. The average Bonchev–Trinajstić information content (AvgIpc) is 3.11. The van der Waals surface area contributed by atoms with Crippen LogP contribution in [0.1, 0.15) is 54.1 Å². The van der Waals surface area contributed by atoms with Gasteiger partial charge in [0, 0.05) is 30.6 Å². The Hall–Kier alpha value is -3.08. The Morgan fingerprint density at radius 1 is 1.11 bits per heavy atom. The summed E-state index contributed by atoms with van der Waals surface area (Å²) in [5.41, 5.74) is 2.71. The summed E-state index contributed by atoms with van der Waals surface area (Å²) in [6.07, 6.45) is 3.59. The Bertz CT molecular complexity index is 952. The maximum Gasteiger partial charge on any atom is 0.252 e. The minimum Gasteiger partial charge on any atom is -0.496 e. The van der Waals surface area contributed by atoms with E-state index in [9.17, 15) is 4.79 Å². The topological polar surface area (TPSA) is 56.1 Å². The van der Waals surface area contributed by atoms with Gasteiger partial charge in [0.05, 0.1) is 7.11 Å². The predicted molar refractivity (Wildman–Crippen MR) is 111 cm³/mol. The van der Waals surface area contributed by atoms with Crippen molar-refractivity contribution >= 4 is 5.91 Å². The van der Waals surface area contributed by atoms with E-state index in [1.807, 2.05) is 66.3 Å². The number of ether oxygens (including phenoxy) is 1. The second-order valence-electron chi connectivity index (χ2n) is 7.87. The minimum absolute atomic E-state index is 0.0436. The predicted octanol–water partition coefficient (Wildman–Crippen LogP) is 4.25. The van der Waals surface area contributed by atoms with Gasteiger partial charge in [-0.05, 0) is 29.2 Å². The first-order valence-corrected chi connectivity index (χ1v) is 9.33. The molecule has 0 saturated carbocycles. The smallest absolute Gasteiger partial charge is 0.252 e. The van der Waals surface area contributed by atoms with E-state index in [-0.39, 0.29) is 11.3 Å². The van der Waals surface area contributed by atoms with Crippen LogP contribution in [0.3, 0.4) is 0 Å². The van der Waals surface area contributed by atoms with E-state index in [1.165, 1.54) is 5.56 Å². The molecule has 0 aliphatic rings. The number of carbonyl (C=O) groups is 1. The van der Waals surface area contributed by atoms with Crippen LogP contribution in [0.5, 0.6) is 5.75 Å². The van der Waals surface area contributed by atoms with E-state index in [0.29, 0.717) is 11.3 Å². The third-order valence-electron chi connectivity index (χ3n) is 4.86. The summed E-state index contributed by atoms with van der Waals surface area (Å²) in [7, 11) is 3.54. The second kappa shape index (κ2) is 7.89. The van der Waals surface area contributed by atoms with Gasteiger partial charge in [0.25, 0.3) is 5.91 Å². The zero-order chi connectivity index (χ0) is 20.3. The lowest BCUT2D eigenvalue weighted by Gasteiger charge is -2.22. The first kappa shape index (κ1) is 19.7. The summed E-state index contributed by atoms with van der Waals surface area (Å²) in [6.45, 7) is 6.46. The van der Waals surface area contributed by atoms with Gasteiger partial charge in [-0.2, -0.15) is 0 Å². The number of amides is 1. The quantitative estimate of drug-likeness (QED) is 0.723. The first-order chi connectivity index (χ1) is 13.3. The maximum atomic E-state index is 13.0. The van der Waals surface area contributed by atoms with Crippen LogP contribution in [-0.2, 0) is 12.5 Å². The second-order valence-corrected chi connectivity index (χ2v) is 7.87. The fraction of sp³-hybridized carbons (Fsp3) is 0.304. The molecule has 5 nitrogen and oxygen atoms in total. The van der Waals surface area contributed by atoms with Crippen molar-refractivity contribution < 1.29 is 9.53 Å². The number of carbonyl (C=O) groups excluding carboxylic acids is 1. The van der Waals surface area contributed by atoms with Crippen LogP contribution < -0.4 is 10.1 Å². The van der Waals surface area contributed by atoms with Crippen molar-refractivity contribution in [3.8, 4) is 5.75 Å². The van der Waals surface area contributed by atoms with Crippen molar-refractivity contribution in [3.05, 3.63) is 83.4 Å². The molecule has 28 heavy (non-hydrogen) atoms. The molecule has 0 aliphatic carbocycles. The largest absolute Gasteiger partial charge is 0.496 e. The number of nitrogens with zero attached hydrogens (tertiary/aromatic N) is 2. The normalized spacial score (nSPS) is 12.5. The van der Waals surface area contributed by atoms with E-state index in [4.69, 9.17) is 4.74 Å². The van der Waals surface area contributed by atoms with Crippen molar-refractivity contribution in [3.63, 3.8) is 0 Å². The third-order valence-corrected chi connectivity index (χ3v) is 4.86. The summed E-state index contributed by atoms with van der Waals surface area (Å²) < 4.78 is 7.42. The van der Waals surface area contributed by atoms with Gasteiger partial charge in [-0.15, -0.1) is 0 Å². The molecule has 0 fully saturated rings. The van der Waals surface area contributed by atoms with Gasteiger partial charge in [0.1, 0.15) is 17.6 Å². The van der Waals surface area contributed by atoms with Gasteiger partial charge in [-0.1, -0.05) is 51.1 Å². The molecule has 0 bridgehead atoms. The molecule has 1 atom stereocenters. The Morgan fingerprint density at radius 3 is 2.36 bits per heavy atom. The highest BCUT2D eigenvalue weighted by Crippen LogP contribution is 2.29. The van der Waals surface area contributed by atoms with Crippen LogP contribution in [-0.4, -0.2) is 22.6 Å². The number of aromatic nitrogens is 2. The van der Waals surface area contributed by atoms with E-state index in [0.717, 1.165) is 11.4 Å². The summed E-state index contributed by atoms with van der Waals surface area (Å²) in [6, 6.07) is 15.0. The molecule has 0 aliphatic heterocycles. The first-order valence-electron chi connectivity index (χ1n) is 9.33. The van der Waals surface area contributed by atoms with E-state index >= 15 is 0 Å². The summed E-state index contributed by atoms with van der Waals surface area (Å²) >= 11 is 0. The molecule has 0 unspecified atom stereocenters. The summed E-state index contributed by atoms with van der Waals surface area (Å²) in [4.78, 5) is 17.5. The van der Waals surface area contributed by atoms with Crippen molar-refractivity contribution in [2.45, 2.75) is 32.2 Å². The van der Waals surface area contributed by atoms with Crippen LogP contribution in [0.2, 0.25) is 0 Å². The van der Waals surface area contributed by atoms with Gasteiger partial charge < -0.3 is 14.6 Å². The highest BCUT2D eigenvalue weighted by Gasteiger charge is 2.24.